The van der Waals surface area contributed by atoms with E-state index in [1.807, 2.05) is 37.3 Å². The van der Waals surface area contributed by atoms with Gasteiger partial charge in [-0.05, 0) is 17.9 Å². The van der Waals surface area contributed by atoms with E-state index in [2.05, 4.69) is 25.9 Å². The lowest BCUT2D eigenvalue weighted by Gasteiger charge is -2.06. The van der Waals surface area contributed by atoms with Crippen molar-refractivity contribution in [2.24, 2.45) is 0 Å². The minimum atomic E-state index is -0.400. The zero-order valence-corrected chi connectivity index (χ0v) is 12.5. The van der Waals surface area contributed by atoms with Gasteiger partial charge in [0.15, 0.2) is 5.16 Å². The van der Waals surface area contributed by atoms with E-state index in [4.69, 9.17) is 5.26 Å². The number of H-pyrrole nitrogens is 1. The number of nitrogens with one attached hydrogen (secondary N) is 1. The Morgan fingerprint density at radius 1 is 1.53 bits per heavy atom. The average molecular weight is 336 g/mol. The monoisotopic (exact) mass is 335 g/mol. The first-order valence-electron chi connectivity index (χ1n) is 5.59. The number of aromatic nitrogens is 2. The molecule has 4 nitrogen and oxygen atoms in total. The Balaban J connectivity index is 2.67. The van der Waals surface area contributed by atoms with E-state index < -0.39 is 5.56 Å². The van der Waals surface area contributed by atoms with Gasteiger partial charge >= 0.3 is 0 Å². The third kappa shape index (κ3) is 3.06. The lowest BCUT2D eigenvalue weighted by molar-refractivity contribution is 0.935. The highest BCUT2D eigenvalue weighted by atomic mass is 79.9. The fraction of sp³-hybridized carbons (Fsp3) is 0.154. The van der Waals surface area contributed by atoms with Crippen molar-refractivity contribution in [1.82, 2.24) is 9.97 Å². The number of benzene rings is 1. The second-order valence-electron chi connectivity index (χ2n) is 3.65. The third-order valence-electron chi connectivity index (χ3n) is 2.39. The maximum absolute atomic E-state index is 11.9. The zero-order valence-electron chi connectivity index (χ0n) is 10.1. The molecule has 6 heteroatoms. The molecule has 1 heterocycles. The van der Waals surface area contributed by atoms with Gasteiger partial charge in [0.05, 0.1) is 5.69 Å². The van der Waals surface area contributed by atoms with Gasteiger partial charge in [0.2, 0.25) is 0 Å². The Hall–Kier alpha value is -1.58. The second kappa shape index (κ2) is 6.04. The van der Waals surface area contributed by atoms with Gasteiger partial charge < -0.3 is 4.98 Å². The molecule has 0 radical (unpaired) electrons. The first-order valence-corrected chi connectivity index (χ1v) is 7.36. The molecule has 0 aliphatic heterocycles. The molecule has 1 aromatic heterocycles. The van der Waals surface area contributed by atoms with E-state index in [9.17, 15) is 4.79 Å². The predicted octanol–water partition coefficient (Wildman–Crippen LogP) is 3.18. The molecule has 0 amide bonds. The molecule has 0 fully saturated rings. The maximum Gasteiger partial charge on any atom is 0.270 e. The van der Waals surface area contributed by atoms with Crippen LogP contribution < -0.4 is 5.56 Å². The summed E-state index contributed by atoms with van der Waals surface area (Å²) in [5.41, 5.74) is 0.806. The van der Waals surface area contributed by atoms with E-state index in [-0.39, 0.29) is 5.56 Å². The first-order chi connectivity index (χ1) is 9.15. The van der Waals surface area contributed by atoms with Crippen LogP contribution in [0.25, 0.3) is 11.3 Å². The molecule has 0 unspecified atom stereocenters. The molecule has 0 saturated heterocycles. The molecule has 0 saturated carbocycles. The van der Waals surface area contributed by atoms with Gasteiger partial charge in [-0.1, -0.05) is 46.7 Å². The molecule has 96 valence electrons. The van der Waals surface area contributed by atoms with Crippen molar-refractivity contribution in [3.8, 4) is 17.3 Å². The summed E-state index contributed by atoms with van der Waals surface area (Å²) in [4.78, 5) is 18.9. The summed E-state index contributed by atoms with van der Waals surface area (Å²) in [6, 6.07) is 9.31. The van der Waals surface area contributed by atoms with Gasteiger partial charge in [0, 0.05) is 10.0 Å². The molecule has 0 atom stereocenters. The van der Waals surface area contributed by atoms with Gasteiger partial charge in [-0.3, -0.25) is 4.79 Å². The van der Waals surface area contributed by atoms with Gasteiger partial charge in [0.25, 0.3) is 5.56 Å². The number of hydrogen-bond acceptors (Lipinski definition) is 4. The fourth-order valence-corrected chi connectivity index (χ4v) is 2.60. The van der Waals surface area contributed by atoms with E-state index in [1.165, 1.54) is 11.8 Å². The van der Waals surface area contributed by atoms with Crippen LogP contribution in [0.5, 0.6) is 0 Å². The zero-order chi connectivity index (χ0) is 13.8. The van der Waals surface area contributed by atoms with Crippen molar-refractivity contribution < 1.29 is 0 Å². The molecule has 2 rings (SSSR count). The Labute approximate surface area is 123 Å². The number of thioether (sulfide) groups is 1. The standard InChI is InChI=1S/C13H10BrN3OS/c1-2-19-13-16-11(10(7-15)12(18)17-13)8-4-3-5-9(14)6-8/h3-6H,2H2,1H3,(H,16,17,18). The van der Waals surface area contributed by atoms with Crippen LogP contribution in [0.4, 0.5) is 0 Å². The number of nitriles is 1. The van der Waals surface area contributed by atoms with Gasteiger partial charge in [-0.15, -0.1) is 0 Å². The Morgan fingerprint density at radius 3 is 2.95 bits per heavy atom. The van der Waals surface area contributed by atoms with Crippen LogP contribution in [0.1, 0.15) is 12.5 Å². The molecule has 0 spiro atoms. The third-order valence-corrected chi connectivity index (χ3v) is 3.64. The summed E-state index contributed by atoms with van der Waals surface area (Å²) < 4.78 is 0.876. The molecular formula is C13H10BrN3OS. The summed E-state index contributed by atoms with van der Waals surface area (Å²) >= 11 is 4.81. The molecule has 1 aromatic carbocycles. The van der Waals surface area contributed by atoms with Crippen LogP contribution in [0.3, 0.4) is 0 Å². The van der Waals surface area contributed by atoms with Crippen molar-refractivity contribution >= 4 is 27.7 Å². The van der Waals surface area contributed by atoms with Crippen LogP contribution >= 0.6 is 27.7 Å². The summed E-state index contributed by atoms with van der Waals surface area (Å²) in [6.45, 7) is 1.97. The quantitative estimate of drug-likeness (QED) is 0.690. The van der Waals surface area contributed by atoms with E-state index in [1.54, 1.807) is 0 Å². The molecule has 19 heavy (non-hydrogen) atoms. The highest BCUT2D eigenvalue weighted by Crippen LogP contribution is 2.24. The molecular weight excluding hydrogens is 326 g/mol. The van der Waals surface area contributed by atoms with Crippen LogP contribution in [-0.4, -0.2) is 15.7 Å². The van der Waals surface area contributed by atoms with Crippen LogP contribution in [-0.2, 0) is 0 Å². The lowest BCUT2D eigenvalue weighted by Crippen LogP contribution is -2.14. The summed E-state index contributed by atoms with van der Waals surface area (Å²) in [6.07, 6.45) is 0. The number of aromatic amines is 1. The molecule has 0 bridgehead atoms. The Kier molecular flexibility index (Phi) is 4.40. The smallest absolute Gasteiger partial charge is 0.270 e. The molecule has 2 aromatic rings. The average Bonchev–Trinajstić information content (AvgIpc) is 2.38. The van der Waals surface area contributed by atoms with Crippen LogP contribution in [0.2, 0.25) is 0 Å². The van der Waals surface area contributed by atoms with Crippen molar-refractivity contribution in [3.63, 3.8) is 0 Å². The normalized spacial score (nSPS) is 10.2. The summed E-state index contributed by atoms with van der Waals surface area (Å²) in [5.74, 6) is 0.798. The van der Waals surface area contributed by atoms with Crippen molar-refractivity contribution in [2.75, 3.05) is 5.75 Å². The minimum absolute atomic E-state index is 0.0403. The topological polar surface area (TPSA) is 69.5 Å². The SMILES string of the molecule is CCSc1nc(-c2cccc(Br)c2)c(C#N)c(=O)[nH]1. The van der Waals surface area contributed by atoms with Crippen molar-refractivity contribution in [2.45, 2.75) is 12.1 Å². The molecule has 0 aliphatic rings. The highest BCUT2D eigenvalue weighted by molar-refractivity contribution is 9.10. The summed E-state index contributed by atoms with van der Waals surface area (Å²) in [5, 5.41) is 9.65. The van der Waals surface area contributed by atoms with E-state index in [0.29, 0.717) is 10.9 Å². The van der Waals surface area contributed by atoms with Crippen LogP contribution in [0, 0.1) is 11.3 Å². The maximum atomic E-state index is 11.9. The highest BCUT2D eigenvalue weighted by Gasteiger charge is 2.13. The van der Waals surface area contributed by atoms with Gasteiger partial charge in [0.1, 0.15) is 11.6 Å². The predicted molar refractivity (Wildman–Crippen MR) is 79.1 cm³/mol. The number of nitrogens with zero attached hydrogens (tertiary/aromatic N) is 2. The molecule has 1 N–H and O–H groups in total. The number of rotatable bonds is 3. The van der Waals surface area contributed by atoms with Crippen molar-refractivity contribution in [1.29, 1.82) is 5.26 Å². The number of halogens is 1. The van der Waals surface area contributed by atoms with E-state index in [0.717, 1.165) is 15.8 Å². The fourth-order valence-electron chi connectivity index (χ4n) is 1.61. The summed E-state index contributed by atoms with van der Waals surface area (Å²) in [7, 11) is 0. The van der Waals surface area contributed by atoms with Crippen molar-refractivity contribution in [3.05, 3.63) is 44.7 Å². The van der Waals surface area contributed by atoms with Gasteiger partial charge in [-0.25, -0.2) is 4.98 Å². The largest absolute Gasteiger partial charge is 0.300 e. The van der Waals surface area contributed by atoms with E-state index >= 15 is 0 Å². The Bertz CT molecular complexity index is 706. The number of hydrogen-bond donors (Lipinski definition) is 1. The van der Waals surface area contributed by atoms with Crippen LogP contribution in [0.15, 0.2) is 38.7 Å². The minimum Gasteiger partial charge on any atom is -0.300 e. The molecule has 0 aliphatic carbocycles. The van der Waals surface area contributed by atoms with Gasteiger partial charge in [-0.2, -0.15) is 5.26 Å². The Morgan fingerprint density at radius 2 is 2.32 bits per heavy atom. The lowest BCUT2D eigenvalue weighted by atomic mass is 10.1. The first kappa shape index (κ1) is 13.8. The second-order valence-corrected chi connectivity index (χ2v) is 5.82.